The summed E-state index contributed by atoms with van der Waals surface area (Å²) >= 11 is 0. The van der Waals surface area contributed by atoms with Crippen molar-refractivity contribution in [3.63, 3.8) is 0 Å². The number of aromatic nitrogens is 3. The SMILES string of the molecule is CCc1nc(N(C)CCc2ccccn2)cc(=O)[nH]1. The highest BCUT2D eigenvalue weighted by Gasteiger charge is 2.06. The average Bonchev–Trinajstić information content (AvgIpc) is 2.45. The Morgan fingerprint density at radius 2 is 2.21 bits per heavy atom. The van der Waals surface area contributed by atoms with Crippen LogP contribution in [0, 0.1) is 0 Å². The Morgan fingerprint density at radius 1 is 1.37 bits per heavy atom. The minimum atomic E-state index is -0.105. The predicted octanol–water partition coefficient (Wildman–Crippen LogP) is 1.41. The van der Waals surface area contributed by atoms with Crippen molar-refractivity contribution in [2.24, 2.45) is 0 Å². The van der Waals surface area contributed by atoms with Crippen molar-refractivity contribution in [3.8, 4) is 0 Å². The van der Waals surface area contributed by atoms with Crippen LogP contribution in [0.4, 0.5) is 5.82 Å². The minimum absolute atomic E-state index is 0.105. The molecule has 0 spiro atoms. The van der Waals surface area contributed by atoms with E-state index in [0.29, 0.717) is 11.6 Å². The Morgan fingerprint density at radius 3 is 2.89 bits per heavy atom. The van der Waals surface area contributed by atoms with Crippen LogP contribution in [-0.2, 0) is 12.8 Å². The Hall–Kier alpha value is -2.17. The van der Waals surface area contributed by atoms with Gasteiger partial charge in [-0.2, -0.15) is 0 Å². The summed E-state index contributed by atoms with van der Waals surface area (Å²) in [6.45, 7) is 2.74. The lowest BCUT2D eigenvalue weighted by molar-refractivity contribution is 0.817. The molecular weight excluding hydrogens is 240 g/mol. The maximum atomic E-state index is 11.5. The van der Waals surface area contributed by atoms with Gasteiger partial charge in [-0.1, -0.05) is 13.0 Å². The van der Waals surface area contributed by atoms with Gasteiger partial charge in [0.05, 0.1) is 0 Å². The van der Waals surface area contributed by atoms with Gasteiger partial charge in [0.1, 0.15) is 11.6 Å². The molecule has 0 aliphatic carbocycles. The number of likely N-dealkylation sites (N-methyl/N-ethyl adjacent to an activating group) is 1. The lowest BCUT2D eigenvalue weighted by Gasteiger charge is -2.18. The number of anilines is 1. The monoisotopic (exact) mass is 258 g/mol. The molecule has 0 aliphatic heterocycles. The lowest BCUT2D eigenvalue weighted by atomic mass is 10.2. The zero-order chi connectivity index (χ0) is 13.7. The summed E-state index contributed by atoms with van der Waals surface area (Å²) in [7, 11) is 1.93. The fourth-order valence-corrected chi connectivity index (χ4v) is 1.80. The van der Waals surface area contributed by atoms with E-state index in [1.54, 1.807) is 6.20 Å². The molecule has 100 valence electrons. The van der Waals surface area contributed by atoms with E-state index in [2.05, 4.69) is 15.0 Å². The molecule has 2 heterocycles. The van der Waals surface area contributed by atoms with Crippen molar-refractivity contribution in [1.29, 1.82) is 0 Å². The first-order chi connectivity index (χ1) is 9.19. The van der Waals surface area contributed by atoms with Gasteiger partial charge in [0.25, 0.3) is 5.56 Å². The van der Waals surface area contributed by atoms with E-state index in [1.165, 1.54) is 6.07 Å². The Balaban J connectivity index is 2.05. The fraction of sp³-hybridized carbons (Fsp3) is 0.357. The number of aryl methyl sites for hydroxylation is 1. The molecule has 0 amide bonds. The van der Waals surface area contributed by atoms with Gasteiger partial charge in [-0.3, -0.25) is 9.78 Å². The third-order valence-electron chi connectivity index (χ3n) is 2.93. The molecule has 0 saturated heterocycles. The van der Waals surface area contributed by atoms with Crippen LogP contribution in [0.5, 0.6) is 0 Å². The van der Waals surface area contributed by atoms with Crippen molar-refractivity contribution in [1.82, 2.24) is 15.0 Å². The highest BCUT2D eigenvalue weighted by molar-refractivity contribution is 5.36. The maximum Gasteiger partial charge on any atom is 0.252 e. The summed E-state index contributed by atoms with van der Waals surface area (Å²) in [5.74, 6) is 1.42. The fourth-order valence-electron chi connectivity index (χ4n) is 1.80. The summed E-state index contributed by atoms with van der Waals surface area (Å²) in [6, 6.07) is 7.40. The summed E-state index contributed by atoms with van der Waals surface area (Å²) in [4.78, 5) is 24.9. The molecule has 2 rings (SSSR count). The van der Waals surface area contributed by atoms with E-state index in [9.17, 15) is 4.79 Å². The van der Waals surface area contributed by atoms with E-state index < -0.39 is 0 Å². The normalized spacial score (nSPS) is 10.4. The molecule has 2 aromatic rings. The van der Waals surface area contributed by atoms with E-state index >= 15 is 0 Å². The number of H-pyrrole nitrogens is 1. The average molecular weight is 258 g/mol. The molecule has 0 bridgehead atoms. The molecule has 2 aromatic heterocycles. The van der Waals surface area contributed by atoms with Gasteiger partial charge in [0.2, 0.25) is 0 Å². The smallest absolute Gasteiger partial charge is 0.252 e. The van der Waals surface area contributed by atoms with Gasteiger partial charge in [0.15, 0.2) is 0 Å². The number of pyridine rings is 1. The molecule has 5 heteroatoms. The first kappa shape index (κ1) is 13.3. The summed E-state index contributed by atoms with van der Waals surface area (Å²) < 4.78 is 0. The molecule has 0 aromatic carbocycles. The Kier molecular flexibility index (Phi) is 4.28. The molecular formula is C14H18N4O. The molecule has 0 saturated carbocycles. The second-order valence-electron chi connectivity index (χ2n) is 4.40. The Labute approximate surface area is 112 Å². The van der Waals surface area contributed by atoms with Gasteiger partial charge in [-0.05, 0) is 12.1 Å². The molecule has 0 unspecified atom stereocenters. The highest BCUT2D eigenvalue weighted by Crippen LogP contribution is 2.07. The molecule has 1 N–H and O–H groups in total. The lowest BCUT2D eigenvalue weighted by Crippen LogP contribution is -2.24. The van der Waals surface area contributed by atoms with E-state index in [0.717, 1.165) is 25.1 Å². The van der Waals surface area contributed by atoms with Gasteiger partial charge >= 0.3 is 0 Å². The Bertz CT molecular complexity index is 579. The first-order valence-electron chi connectivity index (χ1n) is 6.40. The molecule has 19 heavy (non-hydrogen) atoms. The van der Waals surface area contributed by atoms with Crippen molar-refractivity contribution in [2.45, 2.75) is 19.8 Å². The minimum Gasteiger partial charge on any atom is -0.359 e. The van der Waals surface area contributed by atoms with Crippen molar-refractivity contribution in [2.75, 3.05) is 18.5 Å². The van der Waals surface area contributed by atoms with Crippen LogP contribution in [0.25, 0.3) is 0 Å². The van der Waals surface area contributed by atoms with Crippen molar-refractivity contribution >= 4 is 5.82 Å². The third-order valence-corrected chi connectivity index (χ3v) is 2.93. The van der Waals surface area contributed by atoms with Crippen molar-refractivity contribution in [3.05, 3.63) is 52.3 Å². The number of nitrogens with zero attached hydrogens (tertiary/aromatic N) is 3. The summed E-state index contributed by atoms with van der Waals surface area (Å²) in [5.41, 5.74) is 0.932. The molecule has 0 atom stereocenters. The third kappa shape index (κ3) is 3.64. The van der Waals surface area contributed by atoms with Crippen LogP contribution in [0.1, 0.15) is 18.4 Å². The molecule has 0 aliphatic rings. The molecule has 5 nitrogen and oxygen atoms in total. The number of nitrogens with one attached hydrogen (secondary N) is 1. The van der Waals surface area contributed by atoms with Crippen LogP contribution in [0.2, 0.25) is 0 Å². The zero-order valence-corrected chi connectivity index (χ0v) is 11.3. The quantitative estimate of drug-likeness (QED) is 0.880. The van der Waals surface area contributed by atoms with Gasteiger partial charge in [0, 0.05) is 44.4 Å². The van der Waals surface area contributed by atoms with Gasteiger partial charge in [-0.15, -0.1) is 0 Å². The van der Waals surface area contributed by atoms with Crippen LogP contribution >= 0.6 is 0 Å². The van der Waals surface area contributed by atoms with Crippen molar-refractivity contribution < 1.29 is 0 Å². The second-order valence-corrected chi connectivity index (χ2v) is 4.40. The standard InChI is InChI=1S/C14H18N4O/c1-3-12-16-13(10-14(19)17-12)18(2)9-7-11-6-4-5-8-15-11/h4-6,8,10H,3,7,9H2,1-2H3,(H,16,17,19). The topological polar surface area (TPSA) is 61.9 Å². The second kappa shape index (κ2) is 6.13. The van der Waals surface area contributed by atoms with Gasteiger partial charge in [-0.25, -0.2) is 4.98 Å². The van der Waals surface area contributed by atoms with Crippen LogP contribution < -0.4 is 10.5 Å². The number of aromatic amines is 1. The van der Waals surface area contributed by atoms with Crippen LogP contribution in [-0.4, -0.2) is 28.5 Å². The van der Waals surface area contributed by atoms with Gasteiger partial charge < -0.3 is 9.88 Å². The predicted molar refractivity (Wildman–Crippen MR) is 75.4 cm³/mol. The molecule has 0 radical (unpaired) electrons. The number of hydrogen-bond donors (Lipinski definition) is 1. The zero-order valence-electron chi connectivity index (χ0n) is 11.3. The highest BCUT2D eigenvalue weighted by atomic mass is 16.1. The van der Waals surface area contributed by atoms with E-state index in [1.807, 2.05) is 37.1 Å². The van der Waals surface area contributed by atoms with Crippen LogP contribution in [0.15, 0.2) is 35.3 Å². The van der Waals surface area contributed by atoms with E-state index in [-0.39, 0.29) is 5.56 Å². The summed E-state index contributed by atoms with van der Waals surface area (Å²) in [6.07, 6.45) is 3.33. The van der Waals surface area contributed by atoms with E-state index in [4.69, 9.17) is 0 Å². The van der Waals surface area contributed by atoms with Crippen LogP contribution in [0.3, 0.4) is 0 Å². The molecule has 0 fully saturated rings. The number of hydrogen-bond acceptors (Lipinski definition) is 4. The maximum absolute atomic E-state index is 11.5. The number of rotatable bonds is 5. The largest absolute Gasteiger partial charge is 0.359 e. The summed E-state index contributed by atoms with van der Waals surface area (Å²) in [5, 5.41) is 0. The first-order valence-corrected chi connectivity index (χ1v) is 6.40.